The molecule has 1 fully saturated rings. The standard InChI is InChI=1S/C11H21NO2/c1-8-5-6-12(10(13)14)7-9(8)11(2,3)4/h8-9H,5-7H2,1-4H3,(H,13,14). The van der Waals surface area contributed by atoms with Crippen molar-refractivity contribution in [2.45, 2.75) is 34.1 Å². The van der Waals surface area contributed by atoms with Crippen LogP contribution in [0.15, 0.2) is 0 Å². The molecule has 0 bridgehead atoms. The Morgan fingerprint density at radius 1 is 1.43 bits per heavy atom. The molecule has 2 unspecified atom stereocenters. The van der Waals surface area contributed by atoms with Crippen LogP contribution in [-0.2, 0) is 0 Å². The van der Waals surface area contributed by atoms with E-state index in [0.29, 0.717) is 24.9 Å². The molecule has 14 heavy (non-hydrogen) atoms. The highest BCUT2D eigenvalue weighted by Crippen LogP contribution is 2.37. The van der Waals surface area contributed by atoms with Gasteiger partial charge < -0.3 is 10.0 Å². The first-order valence-corrected chi connectivity index (χ1v) is 5.30. The van der Waals surface area contributed by atoms with E-state index in [4.69, 9.17) is 5.11 Å². The molecular formula is C11H21NO2. The summed E-state index contributed by atoms with van der Waals surface area (Å²) in [6.45, 7) is 10.2. The molecule has 1 aliphatic heterocycles. The van der Waals surface area contributed by atoms with Gasteiger partial charge in [0.1, 0.15) is 0 Å². The van der Waals surface area contributed by atoms with E-state index in [1.54, 1.807) is 4.90 Å². The lowest BCUT2D eigenvalue weighted by molar-refractivity contribution is 0.0533. The van der Waals surface area contributed by atoms with Gasteiger partial charge in [0.15, 0.2) is 0 Å². The Hall–Kier alpha value is -0.730. The largest absolute Gasteiger partial charge is 0.465 e. The number of carboxylic acid groups (broad SMARTS) is 1. The number of rotatable bonds is 0. The van der Waals surface area contributed by atoms with Crippen molar-refractivity contribution in [3.8, 4) is 0 Å². The fourth-order valence-electron chi connectivity index (χ4n) is 2.37. The summed E-state index contributed by atoms with van der Waals surface area (Å²) in [5.41, 5.74) is 0.202. The van der Waals surface area contributed by atoms with Crippen LogP contribution in [0.1, 0.15) is 34.1 Å². The first-order chi connectivity index (χ1) is 6.32. The van der Waals surface area contributed by atoms with Crippen molar-refractivity contribution in [3.05, 3.63) is 0 Å². The summed E-state index contributed by atoms with van der Waals surface area (Å²) in [7, 11) is 0. The summed E-state index contributed by atoms with van der Waals surface area (Å²) in [5.74, 6) is 1.11. The smallest absolute Gasteiger partial charge is 0.407 e. The van der Waals surface area contributed by atoms with Gasteiger partial charge in [-0.1, -0.05) is 27.7 Å². The number of hydrogen-bond acceptors (Lipinski definition) is 1. The average molecular weight is 199 g/mol. The fourth-order valence-corrected chi connectivity index (χ4v) is 2.37. The molecule has 3 heteroatoms. The maximum atomic E-state index is 10.9. The predicted octanol–water partition coefficient (Wildman–Crippen LogP) is 2.67. The van der Waals surface area contributed by atoms with Crippen molar-refractivity contribution in [2.75, 3.05) is 13.1 Å². The van der Waals surface area contributed by atoms with Crippen molar-refractivity contribution in [1.82, 2.24) is 4.90 Å². The van der Waals surface area contributed by atoms with Crippen LogP contribution in [-0.4, -0.2) is 29.2 Å². The molecule has 2 atom stereocenters. The normalized spacial score (nSPS) is 29.0. The van der Waals surface area contributed by atoms with Crippen LogP contribution in [0.4, 0.5) is 4.79 Å². The quantitative estimate of drug-likeness (QED) is 0.651. The molecule has 0 saturated carbocycles. The summed E-state index contributed by atoms with van der Waals surface area (Å²) in [4.78, 5) is 12.4. The zero-order chi connectivity index (χ0) is 10.9. The van der Waals surface area contributed by atoms with Crippen molar-refractivity contribution in [2.24, 2.45) is 17.3 Å². The van der Waals surface area contributed by atoms with Gasteiger partial charge in [0.2, 0.25) is 0 Å². The highest BCUT2D eigenvalue weighted by Gasteiger charge is 2.35. The van der Waals surface area contributed by atoms with Gasteiger partial charge in [-0.3, -0.25) is 0 Å². The molecule has 1 amide bonds. The maximum absolute atomic E-state index is 10.9. The minimum Gasteiger partial charge on any atom is -0.465 e. The van der Waals surface area contributed by atoms with E-state index in [2.05, 4.69) is 27.7 Å². The van der Waals surface area contributed by atoms with Crippen LogP contribution in [0.2, 0.25) is 0 Å². The summed E-state index contributed by atoms with van der Waals surface area (Å²) < 4.78 is 0. The molecule has 1 N–H and O–H groups in total. The lowest BCUT2D eigenvalue weighted by Crippen LogP contribution is -2.46. The summed E-state index contributed by atoms with van der Waals surface area (Å²) >= 11 is 0. The molecule has 1 rings (SSSR count). The Morgan fingerprint density at radius 3 is 2.43 bits per heavy atom. The number of hydrogen-bond donors (Lipinski definition) is 1. The molecule has 1 saturated heterocycles. The first kappa shape index (κ1) is 11.3. The number of amides is 1. The van der Waals surface area contributed by atoms with Gasteiger partial charge in [0.05, 0.1) is 0 Å². The zero-order valence-electron chi connectivity index (χ0n) is 9.58. The number of nitrogens with zero attached hydrogens (tertiary/aromatic N) is 1. The monoisotopic (exact) mass is 199 g/mol. The fraction of sp³-hybridized carbons (Fsp3) is 0.909. The van der Waals surface area contributed by atoms with Crippen molar-refractivity contribution in [1.29, 1.82) is 0 Å². The molecule has 0 aliphatic carbocycles. The molecule has 0 aromatic heterocycles. The van der Waals surface area contributed by atoms with Crippen LogP contribution in [0, 0.1) is 17.3 Å². The molecule has 3 nitrogen and oxygen atoms in total. The van der Waals surface area contributed by atoms with E-state index >= 15 is 0 Å². The number of piperidine rings is 1. The topological polar surface area (TPSA) is 40.5 Å². The Balaban J connectivity index is 2.69. The van der Waals surface area contributed by atoms with Crippen molar-refractivity contribution >= 4 is 6.09 Å². The first-order valence-electron chi connectivity index (χ1n) is 5.30. The van der Waals surface area contributed by atoms with Crippen molar-refractivity contribution < 1.29 is 9.90 Å². The van der Waals surface area contributed by atoms with E-state index in [0.717, 1.165) is 6.42 Å². The second-order valence-corrected chi connectivity index (χ2v) is 5.47. The zero-order valence-corrected chi connectivity index (χ0v) is 9.58. The number of carbonyl (C=O) groups is 1. The van der Waals surface area contributed by atoms with E-state index in [9.17, 15) is 4.79 Å². The van der Waals surface area contributed by atoms with Gasteiger partial charge in [-0.2, -0.15) is 0 Å². The van der Waals surface area contributed by atoms with E-state index in [1.807, 2.05) is 0 Å². The van der Waals surface area contributed by atoms with Gasteiger partial charge in [-0.15, -0.1) is 0 Å². The molecule has 1 aliphatic rings. The maximum Gasteiger partial charge on any atom is 0.407 e. The van der Waals surface area contributed by atoms with Gasteiger partial charge >= 0.3 is 6.09 Å². The van der Waals surface area contributed by atoms with Crippen LogP contribution < -0.4 is 0 Å². The highest BCUT2D eigenvalue weighted by atomic mass is 16.4. The second kappa shape index (κ2) is 3.79. The average Bonchev–Trinajstić information content (AvgIpc) is 2.02. The van der Waals surface area contributed by atoms with Gasteiger partial charge in [0.25, 0.3) is 0 Å². The molecule has 82 valence electrons. The van der Waals surface area contributed by atoms with E-state index < -0.39 is 6.09 Å². The minimum absolute atomic E-state index is 0.202. The molecule has 0 aromatic carbocycles. The third-order valence-electron chi connectivity index (χ3n) is 3.34. The lowest BCUT2D eigenvalue weighted by atomic mass is 9.71. The second-order valence-electron chi connectivity index (χ2n) is 5.47. The Bertz CT molecular complexity index is 220. The van der Waals surface area contributed by atoms with Crippen LogP contribution in [0.5, 0.6) is 0 Å². The molecule has 0 aromatic rings. The Morgan fingerprint density at radius 2 is 2.00 bits per heavy atom. The summed E-state index contributed by atoms with van der Waals surface area (Å²) in [5, 5.41) is 8.93. The molecule has 0 spiro atoms. The van der Waals surface area contributed by atoms with Gasteiger partial charge in [0, 0.05) is 13.1 Å². The van der Waals surface area contributed by atoms with Crippen LogP contribution in [0.3, 0.4) is 0 Å². The van der Waals surface area contributed by atoms with Crippen LogP contribution in [0.25, 0.3) is 0 Å². The predicted molar refractivity (Wildman–Crippen MR) is 56.3 cm³/mol. The third kappa shape index (κ3) is 2.40. The van der Waals surface area contributed by atoms with Crippen molar-refractivity contribution in [3.63, 3.8) is 0 Å². The van der Waals surface area contributed by atoms with Gasteiger partial charge in [-0.05, 0) is 23.7 Å². The molecule has 0 radical (unpaired) electrons. The summed E-state index contributed by atoms with van der Waals surface area (Å²) in [6.07, 6.45) is 0.222. The lowest BCUT2D eigenvalue weighted by Gasteiger charge is -2.42. The van der Waals surface area contributed by atoms with Gasteiger partial charge in [-0.25, -0.2) is 4.79 Å². The summed E-state index contributed by atoms with van der Waals surface area (Å²) in [6, 6.07) is 0. The molecular weight excluding hydrogens is 178 g/mol. The Kier molecular flexibility index (Phi) is 3.07. The van der Waals surface area contributed by atoms with E-state index in [-0.39, 0.29) is 5.41 Å². The molecule has 1 heterocycles. The minimum atomic E-state index is -0.772. The Labute approximate surface area is 86.1 Å². The highest BCUT2D eigenvalue weighted by molar-refractivity contribution is 5.65. The van der Waals surface area contributed by atoms with Crippen LogP contribution >= 0.6 is 0 Å². The van der Waals surface area contributed by atoms with E-state index in [1.165, 1.54) is 0 Å². The SMILES string of the molecule is CC1CCN(C(=O)O)CC1C(C)(C)C. The number of likely N-dealkylation sites (tertiary alicyclic amines) is 1. The third-order valence-corrected chi connectivity index (χ3v) is 3.34.